The molecule has 0 bridgehead atoms. The number of amides is 1. The fraction of sp³-hybridized carbons (Fsp3) is 0.667. The predicted octanol–water partition coefficient (Wildman–Crippen LogP) is 3.76. The van der Waals surface area contributed by atoms with Gasteiger partial charge >= 0.3 is 6.09 Å². The van der Waals surface area contributed by atoms with Crippen molar-refractivity contribution in [1.82, 2.24) is 4.90 Å². The predicted molar refractivity (Wildman–Crippen MR) is 97.4 cm³/mol. The Hall–Kier alpha value is -1.43. The molecule has 0 aromatic heterocycles. The highest BCUT2D eigenvalue weighted by Gasteiger charge is 2.31. The van der Waals surface area contributed by atoms with E-state index in [1.807, 2.05) is 33.8 Å². The molecule has 3 atom stereocenters. The van der Waals surface area contributed by atoms with Crippen LogP contribution in [0.15, 0.2) is 29.0 Å². The smallest absolute Gasteiger partial charge is 0.410 e. The first-order valence-corrected chi connectivity index (χ1v) is 9.44. The van der Waals surface area contributed by atoms with Crippen LogP contribution in [0.1, 0.15) is 40.5 Å². The van der Waals surface area contributed by atoms with Crippen LogP contribution < -0.4 is 0 Å². The van der Waals surface area contributed by atoms with Crippen LogP contribution in [-0.4, -0.2) is 52.1 Å². The van der Waals surface area contributed by atoms with Crippen molar-refractivity contribution >= 4 is 22.9 Å². The molecule has 0 N–H and O–H groups in total. The minimum Gasteiger partial charge on any atom is -0.489 e. The van der Waals surface area contributed by atoms with E-state index in [1.54, 1.807) is 16.7 Å². The molecular formula is C18H26N2O3S. The van der Waals surface area contributed by atoms with Gasteiger partial charge in [0.1, 0.15) is 17.5 Å². The van der Waals surface area contributed by atoms with E-state index in [0.29, 0.717) is 11.8 Å². The number of piperidine rings is 1. The normalized spacial score (nSPS) is 29.7. The Morgan fingerprint density at radius 2 is 2.21 bits per heavy atom. The summed E-state index contributed by atoms with van der Waals surface area (Å²) in [6.07, 6.45) is 7.94. The highest BCUT2D eigenvalue weighted by atomic mass is 32.2. The monoisotopic (exact) mass is 350 g/mol. The first-order valence-electron chi connectivity index (χ1n) is 8.56. The van der Waals surface area contributed by atoms with Crippen molar-refractivity contribution < 1.29 is 14.3 Å². The number of aliphatic imine (C=N–C) groups is 1. The van der Waals surface area contributed by atoms with Gasteiger partial charge in [0, 0.05) is 6.54 Å². The quantitative estimate of drug-likeness (QED) is 0.761. The number of ether oxygens (including phenoxy) is 2. The molecule has 24 heavy (non-hydrogen) atoms. The summed E-state index contributed by atoms with van der Waals surface area (Å²) in [6, 6.07) is 0.181. The maximum absolute atomic E-state index is 12.2. The number of thioether (sulfide) groups is 1. The minimum atomic E-state index is -0.468. The Bertz CT molecular complexity index is 592. The molecule has 1 amide bonds. The lowest BCUT2D eigenvalue weighted by atomic mass is 10.1. The van der Waals surface area contributed by atoms with Crippen molar-refractivity contribution in [2.75, 3.05) is 13.1 Å². The molecule has 2 aliphatic heterocycles. The SMILES string of the molecule is CC1=N[C@@H]2C=C(O[C@@H]3CCCN(C(=O)OC(C)(C)C)C3)C=C[C@H]2S1. The summed E-state index contributed by atoms with van der Waals surface area (Å²) in [5.41, 5.74) is -0.468. The molecular weight excluding hydrogens is 324 g/mol. The highest BCUT2D eigenvalue weighted by molar-refractivity contribution is 8.14. The van der Waals surface area contributed by atoms with Gasteiger partial charge in [0.05, 0.1) is 22.9 Å². The van der Waals surface area contributed by atoms with Crippen LogP contribution in [0.2, 0.25) is 0 Å². The van der Waals surface area contributed by atoms with Crippen molar-refractivity contribution in [3.63, 3.8) is 0 Å². The van der Waals surface area contributed by atoms with E-state index in [2.05, 4.69) is 17.1 Å². The topological polar surface area (TPSA) is 51.1 Å². The van der Waals surface area contributed by atoms with Crippen LogP contribution in [0, 0.1) is 0 Å². The minimum absolute atomic E-state index is 0.0119. The van der Waals surface area contributed by atoms with Crippen LogP contribution in [0.5, 0.6) is 0 Å². The molecule has 3 aliphatic rings. The Morgan fingerprint density at radius 3 is 2.96 bits per heavy atom. The summed E-state index contributed by atoms with van der Waals surface area (Å²) in [5.74, 6) is 0.867. The number of likely N-dealkylation sites (tertiary alicyclic amines) is 1. The molecule has 0 aromatic carbocycles. The van der Waals surface area contributed by atoms with Gasteiger partial charge < -0.3 is 14.4 Å². The zero-order chi connectivity index (χ0) is 17.3. The molecule has 0 radical (unpaired) electrons. The average molecular weight is 350 g/mol. The molecule has 5 nitrogen and oxygen atoms in total. The van der Waals surface area contributed by atoms with Gasteiger partial charge in [-0.1, -0.05) is 6.08 Å². The molecule has 132 valence electrons. The second-order valence-electron chi connectivity index (χ2n) is 7.46. The Kier molecular flexibility index (Phi) is 4.95. The van der Waals surface area contributed by atoms with Crippen molar-refractivity contribution in [1.29, 1.82) is 0 Å². The molecule has 1 aliphatic carbocycles. The average Bonchev–Trinajstić information content (AvgIpc) is 2.85. The van der Waals surface area contributed by atoms with Gasteiger partial charge in [-0.3, -0.25) is 4.99 Å². The molecule has 0 unspecified atom stereocenters. The first-order chi connectivity index (χ1) is 11.3. The molecule has 6 heteroatoms. The molecule has 3 rings (SSSR count). The largest absolute Gasteiger partial charge is 0.489 e. The van der Waals surface area contributed by atoms with E-state index < -0.39 is 5.60 Å². The molecule has 0 saturated carbocycles. The van der Waals surface area contributed by atoms with Gasteiger partial charge in [-0.15, -0.1) is 11.8 Å². The van der Waals surface area contributed by atoms with Crippen LogP contribution in [0.4, 0.5) is 4.79 Å². The molecule has 0 aromatic rings. The maximum Gasteiger partial charge on any atom is 0.410 e. The molecule has 2 heterocycles. The van der Waals surface area contributed by atoms with E-state index >= 15 is 0 Å². The van der Waals surface area contributed by atoms with E-state index in [-0.39, 0.29) is 18.2 Å². The fourth-order valence-corrected chi connectivity index (χ4v) is 4.09. The Balaban J connectivity index is 1.57. The van der Waals surface area contributed by atoms with Crippen LogP contribution in [0.25, 0.3) is 0 Å². The number of carbonyl (C=O) groups excluding carboxylic acids is 1. The number of nitrogens with zero attached hydrogens (tertiary/aromatic N) is 2. The number of carbonyl (C=O) groups is 1. The number of rotatable bonds is 2. The lowest BCUT2D eigenvalue weighted by Crippen LogP contribution is -2.45. The van der Waals surface area contributed by atoms with Crippen molar-refractivity contribution in [2.24, 2.45) is 4.99 Å². The summed E-state index contributed by atoms with van der Waals surface area (Å²) in [5, 5.41) is 1.53. The second-order valence-corrected chi connectivity index (χ2v) is 8.83. The van der Waals surface area contributed by atoms with E-state index in [0.717, 1.165) is 30.2 Å². The van der Waals surface area contributed by atoms with E-state index in [9.17, 15) is 4.79 Å². The second kappa shape index (κ2) is 6.82. The van der Waals surface area contributed by atoms with Gasteiger partial charge in [-0.2, -0.15) is 0 Å². The van der Waals surface area contributed by atoms with Gasteiger partial charge in [0.2, 0.25) is 0 Å². The standard InChI is InChI=1S/C18H26N2O3S/c1-12-19-15-10-13(7-8-16(15)24-12)22-14-6-5-9-20(11-14)17(21)23-18(2,3)4/h7-8,10,14-16H,5-6,9,11H2,1-4H3/t14-,15-,16-/m1/s1. The van der Waals surface area contributed by atoms with Gasteiger partial charge in [0.15, 0.2) is 0 Å². The van der Waals surface area contributed by atoms with E-state index in [1.165, 1.54) is 0 Å². The van der Waals surface area contributed by atoms with Crippen molar-refractivity contribution in [2.45, 2.75) is 63.5 Å². The van der Waals surface area contributed by atoms with Crippen LogP contribution >= 0.6 is 11.8 Å². The molecule has 1 fully saturated rings. The number of hydrogen-bond acceptors (Lipinski definition) is 5. The van der Waals surface area contributed by atoms with Gasteiger partial charge in [-0.25, -0.2) is 4.79 Å². The van der Waals surface area contributed by atoms with Crippen molar-refractivity contribution in [3.8, 4) is 0 Å². The number of hydrogen-bond donors (Lipinski definition) is 0. The summed E-state index contributed by atoms with van der Waals surface area (Å²) < 4.78 is 11.6. The Labute approximate surface area is 148 Å². The third-order valence-electron chi connectivity index (χ3n) is 4.09. The van der Waals surface area contributed by atoms with Crippen molar-refractivity contribution in [3.05, 3.63) is 24.0 Å². The summed E-state index contributed by atoms with van der Waals surface area (Å²) >= 11 is 1.80. The summed E-state index contributed by atoms with van der Waals surface area (Å²) in [4.78, 5) is 18.6. The lowest BCUT2D eigenvalue weighted by molar-refractivity contribution is -0.00197. The van der Waals surface area contributed by atoms with Crippen LogP contribution in [0.3, 0.4) is 0 Å². The lowest BCUT2D eigenvalue weighted by Gasteiger charge is -2.34. The van der Waals surface area contributed by atoms with E-state index in [4.69, 9.17) is 9.47 Å². The molecule has 0 spiro atoms. The number of allylic oxidation sites excluding steroid dienone is 1. The third-order valence-corrected chi connectivity index (χ3v) is 5.25. The van der Waals surface area contributed by atoms with Gasteiger partial charge in [0.25, 0.3) is 0 Å². The summed E-state index contributed by atoms with van der Waals surface area (Å²) in [7, 11) is 0. The first kappa shape index (κ1) is 17.4. The maximum atomic E-state index is 12.2. The number of fused-ring (bicyclic) bond motifs is 1. The Morgan fingerprint density at radius 1 is 1.42 bits per heavy atom. The van der Waals surface area contributed by atoms with Crippen LogP contribution in [-0.2, 0) is 9.47 Å². The fourth-order valence-electron chi connectivity index (χ4n) is 3.08. The molecule has 1 saturated heterocycles. The summed E-state index contributed by atoms with van der Waals surface area (Å²) in [6.45, 7) is 9.02. The highest BCUT2D eigenvalue weighted by Crippen LogP contribution is 2.33. The third kappa shape index (κ3) is 4.35. The zero-order valence-electron chi connectivity index (χ0n) is 14.8. The zero-order valence-corrected chi connectivity index (χ0v) is 15.6. The van der Waals surface area contributed by atoms with Gasteiger partial charge in [-0.05, 0) is 52.7 Å².